The van der Waals surface area contributed by atoms with Crippen LogP contribution in [0.25, 0.3) is 0 Å². The normalized spacial score (nSPS) is 12.1. The topological polar surface area (TPSA) is 38.3 Å². The van der Waals surface area contributed by atoms with Crippen LogP contribution < -0.4 is 10.1 Å². The summed E-state index contributed by atoms with van der Waals surface area (Å²) >= 11 is 0. The van der Waals surface area contributed by atoms with Crippen molar-refractivity contribution in [1.82, 2.24) is 0 Å². The summed E-state index contributed by atoms with van der Waals surface area (Å²) in [6.45, 7) is 4.31. The molecule has 0 fully saturated rings. The van der Waals surface area contributed by atoms with Crippen molar-refractivity contribution in [3.8, 4) is 5.75 Å². The molecule has 1 aromatic rings. The highest BCUT2D eigenvalue weighted by molar-refractivity contribution is 5.92. The van der Waals surface area contributed by atoms with Gasteiger partial charge in [0.25, 0.3) is 0 Å². The second-order valence-electron chi connectivity index (χ2n) is 5.69. The third kappa shape index (κ3) is 6.45. The van der Waals surface area contributed by atoms with Crippen LogP contribution >= 0.6 is 0 Å². The maximum atomic E-state index is 12.1. The number of carbonyl (C=O) groups is 1. The first-order valence-electron chi connectivity index (χ1n) is 6.15. The molecule has 0 spiro atoms. The Balaban J connectivity index is 2.73. The molecule has 0 saturated heterocycles. The molecule has 0 aromatic heterocycles. The minimum absolute atomic E-state index is 0.00656. The van der Waals surface area contributed by atoms with Gasteiger partial charge in [-0.2, -0.15) is 13.2 Å². The predicted molar refractivity (Wildman–Crippen MR) is 70.7 cm³/mol. The number of rotatable bonds is 4. The van der Waals surface area contributed by atoms with Gasteiger partial charge in [-0.3, -0.25) is 4.79 Å². The minimum atomic E-state index is -4.41. The predicted octanol–water partition coefficient (Wildman–Crippen LogP) is 4.00. The van der Waals surface area contributed by atoms with Gasteiger partial charge in [0.1, 0.15) is 5.75 Å². The van der Waals surface area contributed by atoms with Crippen LogP contribution in [0.1, 0.15) is 27.2 Å². The van der Waals surface area contributed by atoms with Crippen LogP contribution in [0.15, 0.2) is 24.3 Å². The fraction of sp³-hybridized carbons (Fsp3) is 0.500. The number of ether oxygens (including phenoxy) is 1. The van der Waals surface area contributed by atoms with E-state index in [4.69, 9.17) is 4.74 Å². The second kappa shape index (κ2) is 6.15. The molecule has 1 amide bonds. The fourth-order valence-corrected chi connectivity index (χ4v) is 1.53. The van der Waals surface area contributed by atoms with Gasteiger partial charge in [-0.05, 0) is 17.5 Å². The Labute approximate surface area is 116 Å². The number of anilines is 1. The summed E-state index contributed by atoms with van der Waals surface area (Å²) in [5.74, 6) is -0.257. The van der Waals surface area contributed by atoms with E-state index in [1.165, 1.54) is 12.1 Å². The zero-order valence-electron chi connectivity index (χ0n) is 11.7. The van der Waals surface area contributed by atoms with E-state index in [1.54, 1.807) is 12.1 Å². The molecule has 0 aliphatic rings. The molecule has 20 heavy (non-hydrogen) atoms. The monoisotopic (exact) mass is 289 g/mol. The maximum absolute atomic E-state index is 12.1. The third-order valence-corrected chi connectivity index (χ3v) is 2.24. The van der Waals surface area contributed by atoms with Crippen molar-refractivity contribution in [3.05, 3.63) is 24.3 Å². The summed E-state index contributed by atoms with van der Waals surface area (Å²) in [6, 6.07) is 6.06. The Kier molecular flexibility index (Phi) is 5.03. The number of alkyl halides is 3. The standard InChI is InChI=1S/C14H18F3NO2/c1-13(2,3)8-12(19)18-10-6-4-5-7-11(10)20-9-14(15,16)17/h4-7H,8-9H2,1-3H3,(H,18,19). The lowest BCUT2D eigenvalue weighted by Gasteiger charge is -2.18. The Hall–Kier alpha value is -1.72. The van der Waals surface area contributed by atoms with Crippen LogP contribution in [0.4, 0.5) is 18.9 Å². The molecule has 0 atom stereocenters. The number of benzene rings is 1. The average molecular weight is 289 g/mol. The van der Waals surface area contributed by atoms with Crippen molar-refractivity contribution in [2.45, 2.75) is 33.4 Å². The molecule has 0 aliphatic carbocycles. The summed E-state index contributed by atoms with van der Waals surface area (Å²) in [5.41, 5.74) is 0.0391. The van der Waals surface area contributed by atoms with Crippen LogP contribution in [-0.2, 0) is 4.79 Å². The Bertz CT molecular complexity index is 464. The largest absolute Gasteiger partial charge is 0.482 e. The van der Waals surface area contributed by atoms with Gasteiger partial charge in [0.2, 0.25) is 5.91 Å². The summed E-state index contributed by atoms with van der Waals surface area (Å²) < 4.78 is 41.1. The van der Waals surface area contributed by atoms with Gasteiger partial charge in [-0.15, -0.1) is 0 Å². The quantitative estimate of drug-likeness (QED) is 0.909. The van der Waals surface area contributed by atoms with Gasteiger partial charge in [-0.25, -0.2) is 0 Å². The average Bonchev–Trinajstić information content (AvgIpc) is 2.24. The molecule has 0 aliphatic heterocycles. The van der Waals surface area contributed by atoms with Gasteiger partial charge in [0.05, 0.1) is 5.69 Å². The molecule has 0 radical (unpaired) electrons. The van der Waals surface area contributed by atoms with E-state index in [0.717, 1.165) is 0 Å². The maximum Gasteiger partial charge on any atom is 0.422 e. The highest BCUT2D eigenvalue weighted by Gasteiger charge is 2.29. The molecule has 0 saturated carbocycles. The molecule has 1 N–H and O–H groups in total. The van der Waals surface area contributed by atoms with E-state index in [1.807, 2.05) is 20.8 Å². The van der Waals surface area contributed by atoms with Crippen molar-refractivity contribution >= 4 is 11.6 Å². The molecule has 112 valence electrons. The molecular weight excluding hydrogens is 271 g/mol. The van der Waals surface area contributed by atoms with Crippen molar-refractivity contribution in [3.63, 3.8) is 0 Å². The molecule has 0 unspecified atom stereocenters. The first kappa shape index (κ1) is 16.3. The Morgan fingerprint density at radius 2 is 1.80 bits per heavy atom. The number of amides is 1. The van der Waals surface area contributed by atoms with E-state index in [9.17, 15) is 18.0 Å². The highest BCUT2D eigenvalue weighted by atomic mass is 19.4. The van der Waals surface area contributed by atoms with Crippen LogP contribution in [-0.4, -0.2) is 18.7 Å². The van der Waals surface area contributed by atoms with Crippen molar-refractivity contribution in [2.24, 2.45) is 5.41 Å². The highest BCUT2D eigenvalue weighted by Crippen LogP contribution is 2.27. The van der Waals surface area contributed by atoms with E-state index >= 15 is 0 Å². The van der Waals surface area contributed by atoms with E-state index in [0.29, 0.717) is 0 Å². The number of halogens is 3. The summed E-state index contributed by atoms with van der Waals surface area (Å²) in [4.78, 5) is 11.8. The smallest absolute Gasteiger partial charge is 0.422 e. The zero-order valence-corrected chi connectivity index (χ0v) is 11.7. The van der Waals surface area contributed by atoms with E-state index in [-0.39, 0.29) is 29.2 Å². The van der Waals surface area contributed by atoms with Gasteiger partial charge < -0.3 is 10.1 Å². The van der Waals surface area contributed by atoms with Crippen LogP contribution in [0, 0.1) is 5.41 Å². The van der Waals surface area contributed by atoms with Gasteiger partial charge in [0, 0.05) is 6.42 Å². The lowest BCUT2D eigenvalue weighted by Crippen LogP contribution is -2.22. The van der Waals surface area contributed by atoms with E-state index < -0.39 is 12.8 Å². The molecule has 1 aromatic carbocycles. The lowest BCUT2D eigenvalue weighted by atomic mass is 9.92. The Morgan fingerprint density at radius 1 is 1.20 bits per heavy atom. The number of nitrogens with one attached hydrogen (secondary N) is 1. The fourth-order valence-electron chi connectivity index (χ4n) is 1.53. The SMILES string of the molecule is CC(C)(C)CC(=O)Nc1ccccc1OCC(F)(F)F. The molecule has 6 heteroatoms. The number of hydrogen-bond donors (Lipinski definition) is 1. The third-order valence-electron chi connectivity index (χ3n) is 2.24. The first-order valence-corrected chi connectivity index (χ1v) is 6.15. The van der Waals surface area contributed by atoms with Gasteiger partial charge in [0.15, 0.2) is 6.61 Å². The van der Waals surface area contributed by atoms with Crippen molar-refractivity contribution < 1.29 is 22.7 Å². The number of para-hydroxylation sites is 2. The minimum Gasteiger partial charge on any atom is -0.482 e. The Morgan fingerprint density at radius 3 is 2.35 bits per heavy atom. The summed E-state index contributed by atoms with van der Waals surface area (Å²) in [6.07, 6.45) is -4.15. The van der Waals surface area contributed by atoms with E-state index in [2.05, 4.69) is 5.32 Å². The molecular formula is C14H18F3NO2. The molecule has 0 heterocycles. The zero-order chi connectivity index (χ0) is 15.4. The number of carbonyl (C=O) groups excluding carboxylic acids is 1. The van der Waals surface area contributed by atoms with Crippen LogP contribution in [0.5, 0.6) is 5.75 Å². The molecule has 1 rings (SSSR count). The molecule has 0 bridgehead atoms. The summed E-state index contributed by atoms with van der Waals surface area (Å²) in [7, 11) is 0. The van der Waals surface area contributed by atoms with Gasteiger partial charge in [-0.1, -0.05) is 32.9 Å². The summed E-state index contributed by atoms with van der Waals surface area (Å²) in [5, 5.41) is 2.57. The molecule has 3 nitrogen and oxygen atoms in total. The van der Waals surface area contributed by atoms with Crippen LogP contribution in [0.2, 0.25) is 0 Å². The second-order valence-corrected chi connectivity index (χ2v) is 5.69. The van der Waals surface area contributed by atoms with Crippen molar-refractivity contribution in [1.29, 1.82) is 0 Å². The van der Waals surface area contributed by atoms with Crippen LogP contribution in [0.3, 0.4) is 0 Å². The number of hydrogen-bond acceptors (Lipinski definition) is 2. The lowest BCUT2D eigenvalue weighted by molar-refractivity contribution is -0.153. The van der Waals surface area contributed by atoms with Gasteiger partial charge >= 0.3 is 6.18 Å². The first-order chi connectivity index (χ1) is 9.07. The van der Waals surface area contributed by atoms with Crippen molar-refractivity contribution in [2.75, 3.05) is 11.9 Å².